The summed E-state index contributed by atoms with van der Waals surface area (Å²) in [5.74, 6) is 1.99. The lowest BCUT2D eigenvalue weighted by molar-refractivity contribution is 0.301. The summed E-state index contributed by atoms with van der Waals surface area (Å²) < 4.78 is 11.2. The Labute approximate surface area is 156 Å². The normalized spacial score (nSPS) is 10.7. The fourth-order valence-corrected chi connectivity index (χ4v) is 2.70. The van der Waals surface area contributed by atoms with Crippen molar-refractivity contribution in [1.82, 2.24) is 15.1 Å². The molecule has 0 bridgehead atoms. The highest BCUT2D eigenvalue weighted by Crippen LogP contribution is 2.24. The van der Waals surface area contributed by atoms with E-state index in [-0.39, 0.29) is 0 Å². The molecule has 6 heteroatoms. The van der Waals surface area contributed by atoms with E-state index in [4.69, 9.17) is 15.0 Å². The number of benzene rings is 1. The molecule has 2 N–H and O–H groups in total. The van der Waals surface area contributed by atoms with Gasteiger partial charge < -0.3 is 15.0 Å². The first-order chi connectivity index (χ1) is 13.3. The zero-order valence-corrected chi connectivity index (χ0v) is 14.6. The molecule has 1 aromatic carbocycles. The Morgan fingerprint density at radius 3 is 2.56 bits per heavy atom. The van der Waals surface area contributed by atoms with Crippen LogP contribution in [-0.2, 0) is 13.0 Å². The maximum Gasteiger partial charge on any atom is 0.141 e. The summed E-state index contributed by atoms with van der Waals surface area (Å²) in [7, 11) is 0. The lowest BCUT2D eigenvalue weighted by Gasteiger charge is -2.06. The highest BCUT2D eigenvalue weighted by atomic mass is 16.5. The zero-order valence-electron chi connectivity index (χ0n) is 14.6. The van der Waals surface area contributed by atoms with Gasteiger partial charge in [-0.15, -0.1) is 0 Å². The van der Waals surface area contributed by atoms with Crippen molar-refractivity contribution in [2.24, 2.45) is 0 Å². The minimum Gasteiger partial charge on any atom is -0.487 e. The Kier molecular flexibility index (Phi) is 4.78. The van der Waals surface area contributed by atoms with Gasteiger partial charge >= 0.3 is 0 Å². The number of rotatable bonds is 6. The summed E-state index contributed by atoms with van der Waals surface area (Å²) in [5.41, 5.74) is 9.34. The van der Waals surface area contributed by atoms with Gasteiger partial charge in [-0.2, -0.15) is 0 Å². The number of nitrogens with two attached hydrogens (primary N) is 1. The predicted octanol–water partition coefficient (Wildman–Crippen LogP) is 3.88. The SMILES string of the molecule is Nc1ncccc1-c1cc(Cc2ccc(OCc3ccccn3)cc2)on1. The average Bonchev–Trinajstić information content (AvgIpc) is 3.17. The molecule has 134 valence electrons. The molecular weight excluding hydrogens is 340 g/mol. The summed E-state index contributed by atoms with van der Waals surface area (Å²) >= 11 is 0. The van der Waals surface area contributed by atoms with Gasteiger partial charge in [0.2, 0.25) is 0 Å². The third kappa shape index (κ3) is 4.12. The second-order valence-electron chi connectivity index (χ2n) is 6.05. The third-order valence-corrected chi connectivity index (χ3v) is 4.09. The molecular formula is C21H18N4O2. The van der Waals surface area contributed by atoms with E-state index < -0.39 is 0 Å². The third-order valence-electron chi connectivity index (χ3n) is 4.09. The fraction of sp³-hybridized carbons (Fsp3) is 0.0952. The first-order valence-electron chi connectivity index (χ1n) is 8.56. The number of hydrogen-bond donors (Lipinski definition) is 1. The molecule has 0 fully saturated rings. The molecule has 0 radical (unpaired) electrons. The van der Waals surface area contributed by atoms with Crippen molar-refractivity contribution in [1.29, 1.82) is 0 Å². The number of anilines is 1. The van der Waals surface area contributed by atoms with Crippen LogP contribution in [0.2, 0.25) is 0 Å². The van der Waals surface area contributed by atoms with E-state index in [1.54, 1.807) is 12.4 Å². The summed E-state index contributed by atoms with van der Waals surface area (Å²) in [6.07, 6.45) is 4.04. The summed E-state index contributed by atoms with van der Waals surface area (Å²) in [5, 5.41) is 4.10. The van der Waals surface area contributed by atoms with Gasteiger partial charge in [-0.25, -0.2) is 4.98 Å². The number of nitrogen functional groups attached to an aromatic ring is 1. The average molecular weight is 358 g/mol. The van der Waals surface area contributed by atoms with Crippen molar-refractivity contribution in [2.75, 3.05) is 5.73 Å². The molecule has 0 spiro atoms. The first-order valence-corrected chi connectivity index (χ1v) is 8.56. The smallest absolute Gasteiger partial charge is 0.141 e. The molecule has 0 aliphatic carbocycles. The van der Waals surface area contributed by atoms with Gasteiger partial charge in [0.1, 0.15) is 29.6 Å². The Bertz CT molecular complexity index is 1010. The highest BCUT2D eigenvalue weighted by molar-refractivity contribution is 5.70. The topological polar surface area (TPSA) is 87.1 Å². The van der Waals surface area contributed by atoms with Crippen molar-refractivity contribution in [3.63, 3.8) is 0 Å². The van der Waals surface area contributed by atoms with Gasteiger partial charge in [-0.1, -0.05) is 23.4 Å². The van der Waals surface area contributed by atoms with Crippen molar-refractivity contribution < 1.29 is 9.26 Å². The maximum atomic E-state index is 5.89. The summed E-state index contributed by atoms with van der Waals surface area (Å²) in [6, 6.07) is 19.2. The highest BCUT2D eigenvalue weighted by Gasteiger charge is 2.10. The standard InChI is InChI=1S/C21H18N4O2/c22-21-19(5-3-11-24-21)20-13-18(27-25-20)12-15-6-8-17(9-7-15)26-14-16-4-1-2-10-23-16/h1-11,13H,12,14H2,(H2,22,24). The second kappa shape index (κ2) is 7.70. The van der Waals surface area contributed by atoms with Crippen LogP contribution in [-0.4, -0.2) is 15.1 Å². The molecule has 3 aromatic heterocycles. The first kappa shape index (κ1) is 16.8. The molecule has 0 atom stereocenters. The van der Waals surface area contributed by atoms with Gasteiger partial charge in [0.05, 0.1) is 5.69 Å². The van der Waals surface area contributed by atoms with Gasteiger partial charge in [0.15, 0.2) is 0 Å². The van der Waals surface area contributed by atoms with Crippen LogP contribution < -0.4 is 10.5 Å². The van der Waals surface area contributed by atoms with Crippen LogP contribution in [0, 0.1) is 0 Å². The summed E-state index contributed by atoms with van der Waals surface area (Å²) in [4.78, 5) is 8.32. The number of aromatic nitrogens is 3. The van der Waals surface area contributed by atoms with E-state index in [1.165, 1.54) is 0 Å². The predicted molar refractivity (Wildman–Crippen MR) is 102 cm³/mol. The van der Waals surface area contributed by atoms with Crippen LogP contribution in [0.3, 0.4) is 0 Å². The van der Waals surface area contributed by atoms with E-state index in [2.05, 4.69) is 15.1 Å². The maximum absolute atomic E-state index is 5.89. The van der Waals surface area contributed by atoms with Crippen LogP contribution in [0.1, 0.15) is 17.0 Å². The molecule has 6 nitrogen and oxygen atoms in total. The Hall–Kier alpha value is -3.67. The lowest BCUT2D eigenvalue weighted by atomic mass is 10.1. The lowest BCUT2D eigenvalue weighted by Crippen LogP contribution is -1.97. The molecule has 0 amide bonds. The van der Waals surface area contributed by atoms with Crippen LogP contribution in [0.25, 0.3) is 11.3 Å². The molecule has 3 heterocycles. The molecule has 4 rings (SSSR count). The number of pyridine rings is 2. The fourth-order valence-electron chi connectivity index (χ4n) is 2.70. The number of nitrogens with zero attached hydrogens (tertiary/aromatic N) is 3. The molecule has 0 aliphatic rings. The van der Waals surface area contributed by atoms with Crippen LogP contribution in [0.4, 0.5) is 5.82 Å². The molecule has 4 aromatic rings. The molecule has 0 saturated heterocycles. The largest absolute Gasteiger partial charge is 0.487 e. The Morgan fingerprint density at radius 2 is 1.78 bits per heavy atom. The molecule has 0 saturated carbocycles. The zero-order chi connectivity index (χ0) is 18.5. The molecule has 0 unspecified atom stereocenters. The minimum absolute atomic E-state index is 0.437. The summed E-state index contributed by atoms with van der Waals surface area (Å²) in [6.45, 7) is 0.443. The van der Waals surface area contributed by atoms with Gasteiger partial charge in [-0.3, -0.25) is 4.98 Å². The van der Waals surface area contributed by atoms with Crippen LogP contribution in [0.5, 0.6) is 5.75 Å². The van der Waals surface area contributed by atoms with E-state index in [9.17, 15) is 0 Å². The van der Waals surface area contributed by atoms with Gasteiger partial charge in [-0.05, 0) is 42.0 Å². The van der Waals surface area contributed by atoms with Crippen molar-refractivity contribution in [3.8, 4) is 17.0 Å². The number of ether oxygens (including phenoxy) is 1. The van der Waals surface area contributed by atoms with Gasteiger partial charge in [0.25, 0.3) is 0 Å². The van der Waals surface area contributed by atoms with Crippen LogP contribution in [0.15, 0.2) is 77.6 Å². The second-order valence-corrected chi connectivity index (χ2v) is 6.05. The van der Waals surface area contributed by atoms with Crippen molar-refractivity contribution in [2.45, 2.75) is 13.0 Å². The van der Waals surface area contributed by atoms with Crippen molar-refractivity contribution in [3.05, 3.63) is 90.1 Å². The number of hydrogen-bond acceptors (Lipinski definition) is 6. The van der Waals surface area contributed by atoms with E-state index in [0.29, 0.717) is 24.5 Å². The Balaban J connectivity index is 1.39. The van der Waals surface area contributed by atoms with Crippen molar-refractivity contribution >= 4 is 5.82 Å². The minimum atomic E-state index is 0.437. The van der Waals surface area contributed by atoms with E-state index >= 15 is 0 Å². The molecule has 27 heavy (non-hydrogen) atoms. The molecule has 0 aliphatic heterocycles. The van der Waals surface area contributed by atoms with E-state index in [1.807, 2.05) is 60.7 Å². The van der Waals surface area contributed by atoms with Gasteiger partial charge in [0, 0.05) is 30.4 Å². The quantitative estimate of drug-likeness (QED) is 0.563. The monoisotopic (exact) mass is 358 g/mol. The van der Waals surface area contributed by atoms with Crippen LogP contribution >= 0.6 is 0 Å². The Morgan fingerprint density at radius 1 is 0.926 bits per heavy atom. The van der Waals surface area contributed by atoms with E-state index in [0.717, 1.165) is 28.3 Å².